The fourth-order valence-corrected chi connectivity index (χ4v) is 2.61. The van der Waals surface area contributed by atoms with Crippen molar-refractivity contribution in [3.8, 4) is 0 Å². The minimum atomic E-state index is -0.489. The minimum Gasteiger partial charge on any atom is -0.444 e. The summed E-state index contributed by atoms with van der Waals surface area (Å²) in [5.74, 6) is 0.249. The molecule has 1 amide bonds. The second kappa shape index (κ2) is 5.83. The molecule has 1 aliphatic heterocycles. The van der Waals surface area contributed by atoms with Crippen molar-refractivity contribution in [1.29, 1.82) is 0 Å². The Labute approximate surface area is 120 Å². The van der Waals surface area contributed by atoms with Crippen LogP contribution in [0.15, 0.2) is 30.3 Å². The topological polar surface area (TPSA) is 49.8 Å². The van der Waals surface area contributed by atoms with Crippen molar-refractivity contribution in [3.63, 3.8) is 0 Å². The Kier molecular flexibility index (Phi) is 4.33. The van der Waals surface area contributed by atoms with Crippen LogP contribution in [0.5, 0.6) is 0 Å². The van der Waals surface area contributed by atoms with Crippen LogP contribution in [0.4, 0.5) is 4.79 Å². The number of ether oxygens (including phenoxy) is 1. The summed E-state index contributed by atoms with van der Waals surface area (Å²) in [7, 11) is 0. The molecule has 0 unspecified atom stereocenters. The molecule has 0 saturated carbocycles. The third kappa shape index (κ3) is 3.51. The van der Waals surface area contributed by atoms with Crippen molar-refractivity contribution in [2.75, 3.05) is 19.7 Å². The van der Waals surface area contributed by atoms with E-state index in [0.717, 1.165) is 5.56 Å². The van der Waals surface area contributed by atoms with E-state index in [1.54, 1.807) is 4.90 Å². The fraction of sp³-hybridized carbons (Fsp3) is 0.562. The largest absolute Gasteiger partial charge is 0.444 e. The van der Waals surface area contributed by atoms with Crippen molar-refractivity contribution in [2.45, 2.75) is 32.3 Å². The molecule has 0 radical (unpaired) electrons. The summed E-state index contributed by atoms with van der Waals surface area (Å²) in [6.07, 6.45) is -0.297. The van der Waals surface area contributed by atoms with Gasteiger partial charge >= 0.3 is 6.09 Å². The zero-order chi connectivity index (χ0) is 14.8. The third-order valence-corrected chi connectivity index (χ3v) is 3.55. The second-order valence-corrected chi connectivity index (χ2v) is 6.35. The van der Waals surface area contributed by atoms with Gasteiger partial charge in [-0.2, -0.15) is 0 Å². The van der Waals surface area contributed by atoms with Crippen molar-refractivity contribution >= 4 is 6.09 Å². The van der Waals surface area contributed by atoms with Crippen molar-refractivity contribution in [3.05, 3.63) is 35.9 Å². The summed E-state index contributed by atoms with van der Waals surface area (Å²) in [5, 5.41) is 9.55. The number of hydrogen-bond donors (Lipinski definition) is 1. The molecule has 2 rings (SSSR count). The molecule has 0 bridgehead atoms. The van der Waals surface area contributed by atoms with E-state index < -0.39 is 5.60 Å². The maximum atomic E-state index is 12.1. The van der Waals surface area contributed by atoms with Crippen LogP contribution < -0.4 is 0 Å². The summed E-state index contributed by atoms with van der Waals surface area (Å²) < 4.78 is 5.40. The Bertz CT molecular complexity index is 453. The maximum absolute atomic E-state index is 12.1. The highest BCUT2D eigenvalue weighted by molar-refractivity contribution is 5.68. The van der Waals surface area contributed by atoms with Gasteiger partial charge in [0, 0.05) is 31.5 Å². The number of aliphatic hydroxyl groups excluding tert-OH is 1. The summed E-state index contributed by atoms with van der Waals surface area (Å²) >= 11 is 0. The molecule has 1 saturated heterocycles. The molecule has 1 heterocycles. The van der Waals surface area contributed by atoms with E-state index >= 15 is 0 Å². The number of rotatable bonds is 2. The first-order chi connectivity index (χ1) is 9.40. The number of nitrogens with zero attached hydrogens (tertiary/aromatic N) is 1. The highest BCUT2D eigenvalue weighted by Crippen LogP contribution is 2.33. The standard InChI is InChI=1S/C16H23NO3/c1-16(2,3)20-15(19)17-9-13(11-18)14(10-17)12-7-5-4-6-8-12/h4-8,13-14,18H,9-11H2,1-3H3/t13-,14+/m0/s1. The first kappa shape index (κ1) is 14.9. The van der Waals surface area contributed by atoms with Gasteiger partial charge in [-0.1, -0.05) is 30.3 Å². The number of likely N-dealkylation sites (tertiary alicyclic amines) is 1. The molecule has 1 aromatic rings. The molecule has 1 aliphatic rings. The first-order valence-electron chi connectivity index (χ1n) is 7.04. The van der Waals surface area contributed by atoms with Crippen LogP contribution in [0.25, 0.3) is 0 Å². The van der Waals surface area contributed by atoms with Crippen LogP contribution in [0, 0.1) is 5.92 Å². The number of amides is 1. The monoisotopic (exact) mass is 277 g/mol. The molecule has 110 valence electrons. The zero-order valence-electron chi connectivity index (χ0n) is 12.4. The third-order valence-electron chi connectivity index (χ3n) is 3.55. The molecule has 0 aliphatic carbocycles. The average molecular weight is 277 g/mol. The van der Waals surface area contributed by atoms with Gasteiger partial charge in [0.25, 0.3) is 0 Å². The number of carbonyl (C=O) groups excluding carboxylic acids is 1. The summed E-state index contributed by atoms with van der Waals surface area (Å²) in [6, 6.07) is 10.0. The van der Waals surface area contributed by atoms with Crippen LogP contribution in [-0.2, 0) is 4.74 Å². The van der Waals surface area contributed by atoms with E-state index in [9.17, 15) is 9.90 Å². The Hall–Kier alpha value is -1.55. The lowest BCUT2D eigenvalue weighted by molar-refractivity contribution is 0.0283. The summed E-state index contributed by atoms with van der Waals surface area (Å²) in [6.45, 7) is 6.81. The van der Waals surface area contributed by atoms with Gasteiger partial charge in [0.2, 0.25) is 0 Å². The van der Waals surface area contributed by atoms with E-state index in [1.165, 1.54) is 0 Å². The molecule has 2 atom stereocenters. The summed E-state index contributed by atoms with van der Waals surface area (Å²) in [4.78, 5) is 13.8. The molecular formula is C16H23NO3. The predicted octanol–water partition coefficient (Wildman–Crippen LogP) is 2.63. The summed E-state index contributed by atoms with van der Waals surface area (Å²) in [5.41, 5.74) is 0.675. The lowest BCUT2D eigenvalue weighted by Crippen LogP contribution is -2.35. The first-order valence-corrected chi connectivity index (χ1v) is 7.04. The van der Waals surface area contributed by atoms with Crippen molar-refractivity contribution < 1.29 is 14.6 Å². The molecule has 1 N–H and O–H groups in total. The Morgan fingerprint density at radius 1 is 1.30 bits per heavy atom. The lowest BCUT2D eigenvalue weighted by atomic mass is 9.90. The normalized spacial score (nSPS) is 22.9. The van der Waals surface area contributed by atoms with Crippen LogP contribution in [0.2, 0.25) is 0 Å². The Balaban J connectivity index is 2.08. The van der Waals surface area contributed by atoms with E-state index in [0.29, 0.717) is 13.1 Å². The molecule has 1 aromatic carbocycles. The van der Waals surface area contributed by atoms with Crippen LogP contribution in [-0.4, -0.2) is 41.4 Å². The van der Waals surface area contributed by atoms with E-state index in [4.69, 9.17) is 4.74 Å². The Morgan fingerprint density at radius 2 is 1.95 bits per heavy atom. The van der Waals surface area contributed by atoms with Gasteiger partial charge in [-0.25, -0.2) is 4.79 Å². The molecule has 0 spiro atoms. The van der Waals surface area contributed by atoms with Gasteiger partial charge in [-0.05, 0) is 26.3 Å². The van der Waals surface area contributed by atoms with Crippen LogP contribution >= 0.6 is 0 Å². The number of carbonyl (C=O) groups is 1. The lowest BCUT2D eigenvalue weighted by Gasteiger charge is -2.24. The smallest absolute Gasteiger partial charge is 0.410 e. The molecule has 1 fully saturated rings. The van der Waals surface area contributed by atoms with Crippen LogP contribution in [0.1, 0.15) is 32.3 Å². The molecule has 20 heavy (non-hydrogen) atoms. The van der Waals surface area contributed by atoms with Gasteiger partial charge in [0.15, 0.2) is 0 Å². The Morgan fingerprint density at radius 3 is 2.50 bits per heavy atom. The van der Waals surface area contributed by atoms with Gasteiger partial charge in [0.1, 0.15) is 5.60 Å². The van der Waals surface area contributed by atoms with E-state index in [1.807, 2.05) is 51.1 Å². The number of aliphatic hydroxyl groups is 1. The highest BCUT2D eigenvalue weighted by atomic mass is 16.6. The minimum absolute atomic E-state index is 0.0740. The second-order valence-electron chi connectivity index (χ2n) is 6.35. The maximum Gasteiger partial charge on any atom is 0.410 e. The van der Waals surface area contributed by atoms with Crippen LogP contribution in [0.3, 0.4) is 0 Å². The molecule has 4 nitrogen and oxygen atoms in total. The molecule has 0 aromatic heterocycles. The predicted molar refractivity (Wildman–Crippen MR) is 77.6 cm³/mol. The van der Waals surface area contributed by atoms with Gasteiger partial charge in [-0.15, -0.1) is 0 Å². The van der Waals surface area contributed by atoms with E-state index in [2.05, 4.69) is 0 Å². The zero-order valence-corrected chi connectivity index (χ0v) is 12.4. The van der Waals surface area contributed by atoms with Gasteiger partial charge in [0.05, 0.1) is 0 Å². The van der Waals surface area contributed by atoms with Gasteiger partial charge < -0.3 is 14.7 Å². The van der Waals surface area contributed by atoms with Gasteiger partial charge in [-0.3, -0.25) is 0 Å². The highest BCUT2D eigenvalue weighted by Gasteiger charge is 2.37. The molecular weight excluding hydrogens is 254 g/mol. The average Bonchev–Trinajstić information content (AvgIpc) is 2.82. The number of benzene rings is 1. The fourth-order valence-electron chi connectivity index (χ4n) is 2.61. The SMILES string of the molecule is CC(C)(C)OC(=O)N1C[C@@H](CO)[C@@H](c2ccccc2)C1. The van der Waals surface area contributed by atoms with Crippen molar-refractivity contribution in [1.82, 2.24) is 4.90 Å². The number of hydrogen-bond acceptors (Lipinski definition) is 3. The van der Waals surface area contributed by atoms with Crippen molar-refractivity contribution in [2.24, 2.45) is 5.92 Å². The quantitative estimate of drug-likeness (QED) is 0.904. The molecule has 4 heteroatoms. The van der Waals surface area contributed by atoms with E-state index in [-0.39, 0.29) is 24.5 Å².